The summed E-state index contributed by atoms with van der Waals surface area (Å²) in [6, 6.07) is 19.0. The van der Waals surface area contributed by atoms with Crippen molar-refractivity contribution >= 4 is 11.8 Å². The van der Waals surface area contributed by atoms with Crippen molar-refractivity contribution in [3.63, 3.8) is 0 Å². The highest BCUT2D eigenvalue weighted by molar-refractivity contribution is 5.94. The van der Waals surface area contributed by atoms with E-state index in [0.717, 1.165) is 17.0 Å². The van der Waals surface area contributed by atoms with E-state index in [1.54, 1.807) is 16.7 Å². The van der Waals surface area contributed by atoms with Gasteiger partial charge in [0, 0.05) is 24.6 Å². The molecule has 0 spiro atoms. The Morgan fingerprint density at radius 1 is 1.03 bits per heavy atom. The highest BCUT2D eigenvalue weighted by atomic mass is 16.5. The van der Waals surface area contributed by atoms with Crippen molar-refractivity contribution in [2.45, 2.75) is 12.8 Å². The number of methoxy groups -OCH3 is 1. The monoisotopic (exact) mass is 404 g/mol. The van der Waals surface area contributed by atoms with Gasteiger partial charge in [-0.15, -0.1) is 0 Å². The van der Waals surface area contributed by atoms with Gasteiger partial charge in [0.1, 0.15) is 11.4 Å². The number of likely N-dealkylation sites (tertiary alicyclic amines) is 1. The molecule has 0 bridgehead atoms. The van der Waals surface area contributed by atoms with E-state index < -0.39 is 0 Å². The van der Waals surface area contributed by atoms with E-state index in [0.29, 0.717) is 37.3 Å². The summed E-state index contributed by atoms with van der Waals surface area (Å²) in [4.78, 5) is 26.6. The molecule has 2 heterocycles. The van der Waals surface area contributed by atoms with Crippen molar-refractivity contribution in [2.24, 2.45) is 11.7 Å². The third-order valence-electron chi connectivity index (χ3n) is 5.48. The van der Waals surface area contributed by atoms with Gasteiger partial charge >= 0.3 is 0 Å². The summed E-state index contributed by atoms with van der Waals surface area (Å²) < 4.78 is 7.00. The lowest BCUT2D eigenvalue weighted by molar-refractivity contribution is -0.123. The number of nitrogens with zero attached hydrogens (tertiary/aromatic N) is 3. The molecule has 1 aliphatic rings. The predicted molar refractivity (Wildman–Crippen MR) is 113 cm³/mol. The summed E-state index contributed by atoms with van der Waals surface area (Å²) in [6.07, 6.45) is 1.17. The average Bonchev–Trinajstić information content (AvgIpc) is 3.25. The van der Waals surface area contributed by atoms with Crippen LogP contribution in [0.25, 0.3) is 16.9 Å². The standard InChI is InChI=1S/C23H24N4O3/c1-30-19-9-5-6-17(14-19)20-15-21(27(25-20)18-7-3-2-4-8-18)23(29)26-12-10-16(11-13-26)22(24)28/h2-9,14-16H,10-13H2,1H3,(H2,24,28). The number of nitrogens with two attached hydrogens (primary N) is 1. The topological polar surface area (TPSA) is 90.5 Å². The minimum Gasteiger partial charge on any atom is -0.497 e. The lowest BCUT2D eigenvalue weighted by atomic mass is 9.96. The van der Waals surface area contributed by atoms with Gasteiger partial charge in [0.05, 0.1) is 18.5 Å². The van der Waals surface area contributed by atoms with Crippen molar-refractivity contribution in [3.8, 4) is 22.7 Å². The lowest BCUT2D eigenvalue weighted by Gasteiger charge is -2.30. The molecule has 0 saturated carbocycles. The van der Waals surface area contributed by atoms with Crippen LogP contribution in [0.4, 0.5) is 0 Å². The van der Waals surface area contributed by atoms with E-state index in [1.807, 2.05) is 60.7 Å². The van der Waals surface area contributed by atoms with Crippen molar-refractivity contribution < 1.29 is 14.3 Å². The second-order valence-electron chi connectivity index (χ2n) is 7.36. The Morgan fingerprint density at radius 3 is 2.43 bits per heavy atom. The maximum absolute atomic E-state index is 13.4. The molecule has 1 fully saturated rings. The zero-order valence-electron chi connectivity index (χ0n) is 16.8. The molecule has 2 amide bonds. The predicted octanol–water partition coefficient (Wildman–Crippen LogP) is 2.89. The van der Waals surface area contributed by atoms with E-state index >= 15 is 0 Å². The first-order valence-electron chi connectivity index (χ1n) is 9.95. The fourth-order valence-corrected chi connectivity index (χ4v) is 3.75. The molecule has 1 aromatic heterocycles. The van der Waals surface area contributed by atoms with Crippen LogP contribution in [0.2, 0.25) is 0 Å². The second kappa shape index (κ2) is 8.41. The van der Waals surface area contributed by atoms with Crippen LogP contribution >= 0.6 is 0 Å². The number of aromatic nitrogens is 2. The number of ether oxygens (including phenoxy) is 1. The SMILES string of the molecule is COc1cccc(-c2cc(C(=O)N3CCC(C(N)=O)CC3)n(-c3ccccc3)n2)c1. The lowest BCUT2D eigenvalue weighted by Crippen LogP contribution is -2.42. The van der Waals surface area contributed by atoms with E-state index in [4.69, 9.17) is 15.6 Å². The summed E-state index contributed by atoms with van der Waals surface area (Å²) in [5.74, 6) is 0.156. The quantitative estimate of drug-likeness (QED) is 0.708. The largest absolute Gasteiger partial charge is 0.497 e. The Balaban J connectivity index is 1.70. The number of para-hydroxylation sites is 1. The molecule has 4 rings (SSSR count). The van der Waals surface area contributed by atoms with Crippen molar-refractivity contribution in [1.29, 1.82) is 0 Å². The average molecular weight is 404 g/mol. The normalized spacial score (nSPS) is 14.5. The highest BCUT2D eigenvalue weighted by Crippen LogP contribution is 2.27. The Bertz CT molecular complexity index is 1050. The van der Waals surface area contributed by atoms with Crippen molar-refractivity contribution in [2.75, 3.05) is 20.2 Å². The molecule has 0 unspecified atom stereocenters. The van der Waals surface area contributed by atoms with Gasteiger partial charge in [-0.25, -0.2) is 4.68 Å². The number of benzene rings is 2. The van der Waals surface area contributed by atoms with E-state index in [2.05, 4.69) is 0 Å². The molecule has 2 aromatic carbocycles. The molecular weight excluding hydrogens is 380 g/mol. The molecule has 1 saturated heterocycles. The van der Waals surface area contributed by atoms with Gasteiger partial charge in [-0.2, -0.15) is 5.10 Å². The van der Waals surface area contributed by atoms with Crippen LogP contribution < -0.4 is 10.5 Å². The minimum absolute atomic E-state index is 0.108. The number of piperidine rings is 1. The van der Waals surface area contributed by atoms with Crippen molar-refractivity contribution in [1.82, 2.24) is 14.7 Å². The zero-order valence-corrected chi connectivity index (χ0v) is 16.8. The molecule has 1 aliphatic heterocycles. The summed E-state index contributed by atoms with van der Waals surface area (Å²) in [5.41, 5.74) is 8.27. The first-order valence-corrected chi connectivity index (χ1v) is 9.95. The van der Waals surface area contributed by atoms with Gasteiger partial charge in [0.15, 0.2) is 0 Å². The molecule has 2 N–H and O–H groups in total. The Morgan fingerprint density at radius 2 is 1.77 bits per heavy atom. The number of amides is 2. The molecule has 7 heteroatoms. The van der Waals surface area contributed by atoms with Crippen LogP contribution in [0.5, 0.6) is 5.75 Å². The number of rotatable bonds is 5. The smallest absolute Gasteiger partial charge is 0.272 e. The number of carbonyl (C=O) groups is 2. The third kappa shape index (κ3) is 3.91. The fraction of sp³-hybridized carbons (Fsp3) is 0.261. The van der Waals surface area contributed by atoms with Crippen LogP contribution in [0.3, 0.4) is 0 Å². The molecule has 0 aliphatic carbocycles. The van der Waals surface area contributed by atoms with E-state index in [-0.39, 0.29) is 17.7 Å². The summed E-state index contributed by atoms with van der Waals surface area (Å²) in [6.45, 7) is 1.00. The second-order valence-corrected chi connectivity index (χ2v) is 7.36. The van der Waals surface area contributed by atoms with Gasteiger partial charge in [0.25, 0.3) is 5.91 Å². The van der Waals surface area contributed by atoms with Crippen LogP contribution in [0.15, 0.2) is 60.7 Å². The van der Waals surface area contributed by atoms with E-state index in [1.165, 1.54) is 0 Å². The molecule has 0 atom stereocenters. The first-order chi connectivity index (χ1) is 14.6. The van der Waals surface area contributed by atoms with Gasteiger partial charge < -0.3 is 15.4 Å². The Labute approximate surface area is 175 Å². The number of hydrogen-bond donors (Lipinski definition) is 1. The maximum atomic E-state index is 13.4. The van der Waals surface area contributed by atoms with Gasteiger partial charge in [0.2, 0.25) is 5.91 Å². The van der Waals surface area contributed by atoms with Crippen LogP contribution in [0, 0.1) is 5.92 Å². The van der Waals surface area contributed by atoms with Crippen LogP contribution in [0.1, 0.15) is 23.3 Å². The fourth-order valence-electron chi connectivity index (χ4n) is 3.75. The van der Waals surface area contributed by atoms with Gasteiger partial charge in [-0.1, -0.05) is 30.3 Å². The number of primary amides is 1. The summed E-state index contributed by atoms with van der Waals surface area (Å²) in [7, 11) is 1.62. The maximum Gasteiger partial charge on any atom is 0.272 e. The summed E-state index contributed by atoms with van der Waals surface area (Å²) >= 11 is 0. The zero-order chi connectivity index (χ0) is 21.1. The molecule has 7 nitrogen and oxygen atoms in total. The third-order valence-corrected chi connectivity index (χ3v) is 5.48. The summed E-state index contributed by atoms with van der Waals surface area (Å²) in [5, 5.41) is 4.72. The number of carbonyl (C=O) groups excluding carboxylic acids is 2. The molecule has 3 aromatic rings. The van der Waals surface area contributed by atoms with E-state index in [9.17, 15) is 9.59 Å². The Kier molecular flexibility index (Phi) is 5.52. The molecule has 154 valence electrons. The first kappa shape index (κ1) is 19.7. The minimum atomic E-state index is -0.295. The Hall–Kier alpha value is -3.61. The van der Waals surface area contributed by atoms with Crippen molar-refractivity contribution in [3.05, 3.63) is 66.4 Å². The van der Waals surface area contributed by atoms with Crippen LogP contribution in [-0.2, 0) is 4.79 Å². The van der Waals surface area contributed by atoms with Gasteiger partial charge in [-0.3, -0.25) is 9.59 Å². The van der Waals surface area contributed by atoms with Crippen LogP contribution in [-0.4, -0.2) is 46.7 Å². The molecular formula is C23H24N4O3. The molecule has 0 radical (unpaired) electrons. The number of hydrogen-bond acceptors (Lipinski definition) is 4. The highest BCUT2D eigenvalue weighted by Gasteiger charge is 2.29. The van der Waals surface area contributed by atoms with Gasteiger partial charge in [-0.05, 0) is 43.2 Å². The molecule has 30 heavy (non-hydrogen) atoms.